The van der Waals surface area contributed by atoms with E-state index in [1.807, 2.05) is 4.90 Å². The average Bonchev–Trinajstić information content (AvgIpc) is 3.24. The number of nitriles is 1. The molecule has 2 saturated heterocycles. The maximum absolute atomic E-state index is 13.3. The normalized spacial score (nSPS) is 23.7. The second-order valence-electron chi connectivity index (χ2n) is 12.2. The van der Waals surface area contributed by atoms with E-state index in [0.717, 1.165) is 90.3 Å². The molecule has 1 aliphatic carbocycles. The fourth-order valence-corrected chi connectivity index (χ4v) is 6.82. The van der Waals surface area contributed by atoms with Gasteiger partial charge in [0, 0.05) is 30.1 Å². The number of amides is 1. The number of carbonyl (C=O) groups is 1. The number of pyridine rings is 1. The standard InChI is InChI=1S/C35H40N4O3/c1-22-16-23(2)18-28(17-22)34-24(3)39(35(40)42-34)21-31-29(11-13-33(37-31)38-14-5-15-38)30-19-27(10-12-32(30)41-4)26-8-6-25(20-36)7-9-26/h10-13,16-19,24-26,34H,5-9,14-15,21H2,1-4H3/t24-,25-,26-,34-/m0/s1. The SMILES string of the molecule is COc1ccc([C@H]2CC[C@H](C#N)CC2)cc1-c1ccc(N2CCC2)nc1CN1C(=O)O[C@H](c2cc(C)cc(C)c2)[C@@H]1C. The number of carbonyl (C=O) groups excluding carboxylic acids is 1. The summed E-state index contributed by atoms with van der Waals surface area (Å²) >= 11 is 0. The summed E-state index contributed by atoms with van der Waals surface area (Å²) < 4.78 is 11.8. The lowest BCUT2D eigenvalue weighted by Crippen LogP contribution is -2.38. The van der Waals surface area contributed by atoms with Gasteiger partial charge in [-0.15, -0.1) is 0 Å². The van der Waals surface area contributed by atoms with Crippen LogP contribution in [0.3, 0.4) is 0 Å². The summed E-state index contributed by atoms with van der Waals surface area (Å²) in [5, 5.41) is 9.37. The minimum Gasteiger partial charge on any atom is -0.496 e. The number of nitrogens with zero attached hydrogens (tertiary/aromatic N) is 4. The van der Waals surface area contributed by atoms with Gasteiger partial charge in [-0.05, 0) is 94.2 Å². The van der Waals surface area contributed by atoms with E-state index in [1.165, 1.54) is 5.56 Å². The number of anilines is 1. The van der Waals surface area contributed by atoms with Crippen LogP contribution >= 0.6 is 0 Å². The first kappa shape index (κ1) is 28.1. The number of hydrogen-bond acceptors (Lipinski definition) is 6. The van der Waals surface area contributed by atoms with Crippen molar-refractivity contribution in [3.63, 3.8) is 0 Å². The highest BCUT2D eigenvalue weighted by Gasteiger charge is 2.40. The highest BCUT2D eigenvalue weighted by Crippen LogP contribution is 2.42. The van der Waals surface area contributed by atoms with Crippen LogP contribution in [0.2, 0.25) is 0 Å². The van der Waals surface area contributed by atoms with Gasteiger partial charge in [-0.3, -0.25) is 4.90 Å². The predicted octanol–water partition coefficient (Wildman–Crippen LogP) is 7.46. The van der Waals surface area contributed by atoms with Gasteiger partial charge in [-0.2, -0.15) is 5.26 Å². The largest absolute Gasteiger partial charge is 0.496 e. The first-order chi connectivity index (χ1) is 20.3. The van der Waals surface area contributed by atoms with Crippen molar-refractivity contribution in [1.82, 2.24) is 9.88 Å². The molecule has 7 heteroatoms. The van der Waals surface area contributed by atoms with Gasteiger partial charge in [-0.25, -0.2) is 9.78 Å². The van der Waals surface area contributed by atoms with E-state index < -0.39 is 0 Å². The topological polar surface area (TPSA) is 78.7 Å². The lowest BCUT2D eigenvalue weighted by molar-refractivity contribution is 0.130. The van der Waals surface area contributed by atoms with Gasteiger partial charge < -0.3 is 14.4 Å². The smallest absolute Gasteiger partial charge is 0.411 e. The molecule has 1 aromatic heterocycles. The maximum Gasteiger partial charge on any atom is 0.411 e. The van der Waals surface area contributed by atoms with E-state index in [2.05, 4.69) is 80.3 Å². The molecule has 0 spiro atoms. The average molecular weight is 565 g/mol. The van der Waals surface area contributed by atoms with Crippen LogP contribution in [-0.4, -0.2) is 42.2 Å². The summed E-state index contributed by atoms with van der Waals surface area (Å²) in [5.41, 5.74) is 7.41. The van der Waals surface area contributed by atoms with Crippen molar-refractivity contribution >= 4 is 11.9 Å². The molecule has 0 unspecified atom stereocenters. The van der Waals surface area contributed by atoms with Gasteiger partial charge in [0.05, 0.1) is 31.5 Å². The molecule has 2 atom stereocenters. The van der Waals surface area contributed by atoms with Gasteiger partial charge in [0.25, 0.3) is 0 Å². The zero-order chi connectivity index (χ0) is 29.4. The molecule has 3 aliphatic rings. The quantitative estimate of drug-likeness (QED) is 0.296. The Morgan fingerprint density at radius 2 is 1.71 bits per heavy atom. The Kier molecular flexibility index (Phi) is 7.81. The van der Waals surface area contributed by atoms with Crippen molar-refractivity contribution in [2.24, 2.45) is 5.92 Å². The summed E-state index contributed by atoms with van der Waals surface area (Å²) in [5.74, 6) is 2.31. The molecule has 0 radical (unpaired) electrons. The van der Waals surface area contributed by atoms with Crippen molar-refractivity contribution in [2.45, 2.75) is 77.5 Å². The number of ether oxygens (including phenoxy) is 2. The van der Waals surface area contributed by atoms with Crippen LogP contribution in [0.1, 0.15) is 79.0 Å². The summed E-state index contributed by atoms with van der Waals surface area (Å²) in [4.78, 5) is 22.6. The minimum atomic E-state index is -0.334. The molecule has 6 rings (SSSR count). The molecular formula is C35H40N4O3. The summed E-state index contributed by atoms with van der Waals surface area (Å²) in [7, 11) is 1.70. The number of methoxy groups -OCH3 is 1. The molecule has 7 nitrogen and oxygen atoms in total. The highest BCUT2D eigenvalue weighted by molar-refractivity contribution is 5.76. The summed E-state index contributed by atoms with van der Waals surface area (Å²) in [6.45, 7) is 8.54. The first-order valence-corrected chi connectivity index (χ1v) is 15.2. The Hall–Kier alpha value is -4.05. The molecule has 2 aromatic carbocycles. The second kappa shape index (κ2) is 11.7. The summed E-state index contributed by atoms with van der Waals surface area (Å²) in [6.07, 6.45) is 4.42. The Morgan fingerprint density at radius 1 is 0.976 bits per heavy atom. The fourth-order valence-electron chi connectivity index (χ4n) is 6.82. The molecular weight excluding hydrogens is 524 g/mol. The van der Waals surface area contributed by atoms with Crippen LogP contribution in [0.25, 0.3) is 11.1 Å². The van der Waals surface area contributed by atoms with Crippen molar-refractivity contribution in [3.05, 3.63) is 76.5 Å². The van der Waals surface area contributed by atoms with E-state index in [9.17, 15) is 10.1 Å². The third-order valence-corrected chi connectivity index (χ3v) is 9.32. The van der Waals surface area contributed by atoms with Crippen molar-refractivity contribution in [1.29, 1.82) is 5.26 Å². The molecule has 1 amide bonds. The molecule has 2 aliphatic heterocycles. The van der Waals surface area contributed by atoms with E-state index in [1.54, 1.807) is 7.11 Å². The second-order valence-corrected chi connectivity index (χ2v) is 12.2. The van der Waals surface area contributed by atoms with Crippen molar-refractivity contribution < 1.29 is 14.3 Å². The van der Waals surface area contributed by atoms with Crippen LogP contribution in [0.4, 0.5) is 10.6 Å². The third kappa shape index (κ3) is 5.43. The van der Waals surface area contributed by atoms with E-state index in [-0.39, 0.29) is 24.2 Å². The molecule has 3 heterocycles. The molecule has 42 heavy (non-hydrogen) atoms. The minimum absolute atomic E-state index is 0.149. The number of benzene rings is 2. The zero-order valence-electron chi connectivity index (χ0n) is 25.1. The lowest BCUT2D eigenvalue weighted by atomic mass is 9.78. The van der Waals surface area contributed by atoms with Crippen LogP contribution in [0.5, 0.6) is 5.75 Å². The van der Waals surface area contributed by atoms with E-state index >= 15 is 0 Å². The molecule has 218 valence electrons. The maximum atomic E-state index is 13.3. The lowest BCUT2D eigenvalue weighted by Gasteiger charge is -2.33. The summed E-state index contributed by atoms with van der Waals surface area (Å²) in [6, 6.07) is 19.3. The number of rotatable bonds is 7. The van der Waals surface area contributed by atoms with Gasteiger partial charge in [0.1, 0.15) is 17.7 Å². The Balaban J connectivity index is 1.35. The van der Waals surface area contributed by atoms with E-state index in [0.29, 0.717) is 12.5 Å². The fraction of sp³-hybridized carbons (Fsp3) is 0.457. The zero-order valence-corrected chi connectivity index (χ0v) is 25.1. The number of hydrogen-bond donors (Lipinski definition) is 0. The molecule has 1 saturated carbocycles. The third-order valence-electron chi connectivity index (χ3n) is 9.32. The van der Waals surface area contributed by atoms with Gasteiger partial charge in [-0.1, -0.05) is 35.4 Å². The molecule has 0 bridgehead atoms. The molecule has 0 N–H and O–H groups in total. The monoisotopic (exact) mass is 564 g/mol. The number of aryl methyl sites for hydroxylation is 2. The van der Waals surface area contributed by atoms with Crippen molar-refractivity contribution in [2.75, 3.05) is 25.1 Å². The number of aromatic nitrogens is 1. The Morgan fingerprint density at radius 3 is 2.36 bits per heavy atom. The van der Waals surface area contributed by atoms with Gasteiger partial charge in [0.15, 0.2) is 0 Å². The van der Waals surface area contributed by atoms with Crippen LogP contribution < -0.4 is 9.64 Å². The predicted molar refractivity (Wildman–Crippen MR) is 164 cm³/mol. The van der Waals surface area contributed by atoms with Crippen LogP contribution in [-0.2, 0) is 11.3 Å². The molecule has 3 aromatic rings. The van der Waals surface area contributed by atoms with Crippen LogP contribution in [0.15, 0.2) is 48.5 Å². The molecule has 3 fully saturated rings. The highest BCUT2D eigenvalue weighted by atomic mass is 16.6. The Labute approximate surface area is 249 Å². The van der Waals surface area contributed by atoms with Crippen LogP contribution in [0, 0.1) is 31.1 Å². The first-order valence-electron chi connectivity index (χ1n) is 15.2. The van der Waals surface area contributed by atoms with E-state index in [4.69, 9.17) is 14.5 Å². The van der Waals surface area contributed by atoms with Gasteiger partial charge in [0.2, 0.25) is 0 Å². The van der Waals surface area contributed by atoms with Crippen molar-refractivity contribution in [3.8, 4) is 22.9 Å². The van der Waals surface area contributed by atoms with Gasteiger partial charge >= 0.3 is 6.09 Å². The Bertz CT molecular complexity index is 1500. The number of cyclic esters (lactones) is 1.